The molecule has 0 spiro atoms. The summed E-state index contributed by atoms with van der Waals surface area (Å²) in [6.07, 6.45) is 0.412. The smallest absolute Gasteiger partial charge is 0.328 e. The van der Waals surface area contributed by atoms with Gasteiger partial charge in [-0.3, -0.25) is 9.36 Å². The Morgan fingerprint density at radius 2 is 1.92 bits per heavy atom. The van der Waals surface area contributed by atoms with Crippen molar-refractivity contribution in [1.29, 1.82) is 0 Å². The highest BCUT2D eigenvalue weighted by atomic mass is 31.2. The van der Waals surface area contributed by atoms with Gasteiger partial charge in [0.05, 0.1) is 5.66 Å². The number of hydrogen-bond acceptors (Lipinski definition) is 3. The van der Waals surface area contributed by atoms with E-state index in [1.165, 1.54) is 0 Å². The van der Waals surface area contributed by atoms with Gasteiger partial charge < -0.3 is 20.6 Å². The van der Waals surface area contributed by atoms with Crippen LogP contribution in [0.1, 0.15) is 12.8 Å². The molecule has 0 saturated heterocycles. The number of nitrogens with two attached hydrogens (primary N) is 1. The summed E-state index contributed by atoms with van der Waals surface area (Å²) in [4.78, 5) is 27.8. The van der Waals surface area contributed by atoms with E-state index in [1.54, 1.807) is 0 Å². The molecule has 0 bridgehead atoms. The molecule has 5 N–H and O–H groups in total. The summed E-state index contributed by atoms with van der Waals surface area (Å²) in [5.74, 6) is -1.41. The zero-order valence-electron chi connectivity index (χ0n) is 6.83. The third-order valence-corrected chi connectivity index (χ3v) is 3.79. The average Bonchev–Trinajstić information content (AvgIpc) is 1.79. The molecule has 0 amide bonds. The minimum Gasteiger partial charge on any atom is -0.480 e. The third-order valence-electron chi connectivity index (χ3n) is 2.42. The molecule has 0 radical (unpaired) electrons. The van der Waals surface area contributed by atoms with Crippen molar-refractivity contribution in [2.45, 2.75) is 24.5 Å². The van der Waals surface area contributed by atoms with Crippen LogP contribution in [-0.4, -0.2) is 32.6 Å². The Bertz CT molecular complexity index is 256. The second-order valence-corrected chi connectivity index (χ2v) is 5.25. The van der Waals surface area contributed by atoms with Crippen molar-refractivity contribution in [3.05, 3.63) is 0 Å². The Balaban J connectivity index is 2.42. The standard InChI is InChI=1S/C6H12NO5P/c7-5(6(8)9)3-1-4(2-3)13(10,11)12/h3-5H,1-2,7H2,(H,8,9)(H2,10,11,12)/t3?,4?,5-/m0/s1. The topological polar surface area (TPSA) is 121 Å². The number of carbonyl (C=O) groups is 1. The first kappa shape index (κ1) is 10.7. The fourth-order valence-corrected chi connectivity index (χ4v) is 2.49. The monoisotopic (exact) mass is 209 g/mol. The largest absolute Gasteiger partial charge is 0.480 e. The van der Waals surface area contributed by atoms with Gasteiger partial charge in [0.15, 0.2) is 0 Å². The van der Waals surface area contributed by atoms with Crippen LogP contribution >= 0.6 is 7.60 Å². The molecule has 13 heavy (non-hydrogen) atoms. The number of carboxylic acids is 1. The Labute approximate surface area is 74.9 Å². The van der Waals surface area contributed by atoms with Gasteiger partial charge in [0.25, 0.3) is 0 Å². The van der Waals surface area contributed by atoms with E-state index in [4.69, 9.17) is 20.6 Å². The Hall–Kier alpha value is -0.420. The summed E-state index contributed by atoms with van der Waals surface area (Å²) in [5.41, 5.74) is 4.58. The molecule has 1 fully saturated rings. The lowest BCUT2D eigenvalue weighted by Crippen LogP contribution is -2.46. The molecular formula is C6H12NO5P. The number of rotatable bonds is 3. The molecule has 0 heterocycles. The van der Waals surface area contributed by atoms with Crippen LogP contribution in [0.5, 0.6) is 0 Å². The zero-order chi connectivity index (χ0) is 10.2. The lowest BCUT2D eigenvalue weighted by molar-refractivity contribution is -0.140. The summed E-state index contributed by atoms with van der Waals surface area (Å²) in [7, 11) is -4.03. The van der Waals surface area contributed by atoms with Gasteiger partial charge in [-0.15, -0.1) is 0 Å². The SMILES string of the molecule is N[C@H](C(=O)O)C1CC(P(=O)(O)O)C1. The first-order valence-electron chi connectivity index (χ1n) is 3.86. The van der Waals surface area contributed by atoms with Crippen molar-refractivity contribution in [3.8, 4) is 0 Å². The van der Waals surface area contributed by atoms with Gasteiger partial charge in [-0.2, -0.15) is 0 Å². The molecule has 0 aliphatic heterocycles. The lowest BCUT2D eigenvalue weighted by atomic mass is 9.79. The quantitative estimate of drug-likeness (QED) is 0.458. The summed E-state index contributed by atoms with van der Waals surface area (Å²) >= 11 is 0. The third kappa shape index (κ3) is 2.28. The summed E-state index contributed by atoms with van der Waals surface area (Å²) in [6, 6.07) is -0.997. The van der Waals surface area contributed by atoms with Crippen molar-refractivity contribution in [1.82, 2.24) is 0 Å². The molecule has 1 aliphatic rings. The summed E-state index contributed by atoms with van der Waals surface area (Å²) < 4.78 is 10.7. The van der Waals surface area contributed by atoms with Crippen molar-refractivity contribution < 1.29 is 24.3 Å². The van der Waals surface area contributed by atoms with Gasteiger partial charge in [-0.1, -0.05) is 0 Å². The first-order chi connectivity index (χ1) is 5.82. The number of hydrogen-bond donors (Lipinski definition) is 4. The van der Waals surface area contributed by atoms with Crippen molar-refractivity contribution in [3.63, 3.8) is 0 Å². The zero-order valence-corrected chi connectivity index (χ0v) is 7.72. The molecule has 1 rings (SSSR count). The minimum atomic E-state index is -4.03. The van der Waals surface area contributed by atoms with Gasteiger partial charge in [-0.05, 0) is 18.8 Å². The molecule has 76 valence electrons. The highest BCUT2D eigenvalue weighted by molar-refractivity contribution is 7.52. The van der Waals surface area contributed by atoms with Gasteiger partial charge >= 0.3 is 13.6 Å². The van der Waals surface area contributed by atoms with Crippen LogP contribution in [-0.2, 0) is 9.36 Å². The number of carboxylic acid groups (broad SMARTS) is 1. The van der Waals surface area contributed by atoms with Gasteiger partial charge in [0.2, 0.25) is 0 Å². The molecule has 0 aromatic carbocycles. The van der Waals surface area contributed by atoms with Gasteiger partial charge in [0.1, 0.15) is 6.04 Å². The highest BCUT2D eigenvalue weighted by Crippen LogP contribution is 2.53. The predicted octanol–water partition coefficient (Wildman–Crippen LogP) is -0.645. The van der Waals surface area contributed by atoms with Crippen LogP contribution in [0.3, 0.4) is 0 Å². The summed E-state index contributed by atoms with van der Waals surface area (Å²) in [5, 5.41) is 8.49. The predicted molar refractivity (Wildman–Crippen MR) is 44.2 cm³/mol. The molecule has 7 heteroatoms. The maximum atomic E-state index is 10.7. The minimum absolute atomic E-state index is 0.206. The van der Waals surface area contributed by atoms with Crippen LogP contribution in [0, 0.1) is 5.92 Å². The normalized spacial score (nSPS) is 30.7. The fourth-order valence-electron chi connectivity index (χ4n) is 1.40. The van der Waals surface area contributed by atoms with Crippen LogP contribution in [0.2, 0.25) is 0 Å². The van der Waals surface area contributed by atoms with Crippen LogP contribution < -0.4 is 5.73 Å². The highest BCUT2D eigenvalue weighted by Gasteiger charge is 2.44. The maximum absolute atomic E-state index is 10.7. The van der Waals surface area contributed by atoms with E-state index in [0.29, 0.717) is 0 Å². The van der Waals surface area contributed by atoms with Crippen molar-refractivity contribution in [2.24, 2.45) is 11.7 Å². The van der Waals surface area contributed by atoms with E-state index < -0.39 is 25.3 Å². The van der Waals surface area contributed by atoms with E-state index in [2.05, 4.69) is 0 Å². The molecular weight excluding hydrogens is 197 g/mol. The molecule has 6 nitrogen and oxygen atoms in total. The van der Waals surface area contributed by atoms with Crippen LogP contribution in [0.25, 0.3) is 0 Å². The molecule has 0 aromatic heterocycles. The fraction of sp³-hybridized carbons (Fsp3) is 0.833. The first-order valence-corrected chi connectivity index (χ1v) is 5.54. The molecule has 1 saturated carbocycles. The average molecular weight is 209 g/mol. The number of aliphatic carboxylic acids is 1. The lowest BCUT2D eigenvalue weighted by Gasteiger charge is -2.37. The van der Waals surface area contributed by atoms with E-state index in [-0.39, 0.29) is 18.8 Å². The van der Waals surface area contributed by atoms with E-state index in [9.17, 15) is 9.36 Å². The van der Waals surface area contributed by atoms with Crippen molar-refractivity contribution >= 4 is 13.6 Å². The second-order valence-electron chi connectivity index (χ2n) is 3.34. The molecule has 1 aliphatic carbocycles. The van der Waals surface area contributed by atoms with Crippen molar-refractivity contribution in [2.75, 3.05) is 0 Å². The maximum Gasteiger partial charge on any atom is 0.328 e. The van der Waals surface area contributed by atoms with E-state index in [1.807, 2.05) is 0 Å². The van der Waals surface area contributed by atoms with E-state index in [0.717, 1.165) is 0 Å². The van der Waals surface area contributed by atoms with Gasteiger partial charge in [0, 0.05) is 0 Å². The Morgan fingerprint density at radius 1 is 1.46 bits per heavy atom. The second kappa shape index (κ2) is 3.38. The molecule has 0 aromatic rings. The summed E-state index contributed by atoms with van der Waals surface area (Å²) in [6.45, 7) is 0. The van der Waals surface area contributed by atoms with Crippen LogP contribution in [0.15, 0.2) is 0 Å². The van der Waals surface area contributed by atoms with Crippen LogP contribution in [0.4, 0.5) is 0 Å². The molecule has 0 unspecified atom stereocenters. The van der Waals surface area contributed by atoms with Gasteiger partial charge in [-0.25, -0.2) is 0 Å². The van der Waals surface area contributed by atoms with E-state index >= 15 is 0 Å². The molecule has 1 atom stereocenters. The Kier molecular flexibility index (Phi) is 2.77. The Morgan fingerprint density at radius 3 is 2.23 bits per heavy atom.